The van der Waals surface area contributed by atoms with E-state index in [1.165, 1.54) is 12.5 Å². The number of aromatic nitrogens is 2. The molecule has 112 valence electrons. The molecule has 0 radical (unpaired) electrons. The summed E-state index contributed by atoms with van der Waals surface area (Å²) in [6.45, 7) is -0.511. The molecule has 1 aromatic rings. The van der Waals surface area contributed by atoms with Gasteiger partial charge in [0.2, 0.25) is 0 Å². The van der Waals surface area contributed by atoms with Gasteiger partial charge in [0, 0.05) is 31.4 Å². The van der Waals surface area contributed by atoms with Crippen molar-refractivity contribution in [3.8, 4) is 0 Å². The van der Waals surface area contributed by atoms with E-state index in [0.717, 1.165) is 4.90 Å². The lowest BCUT2D eigenvalue weighted by atomic mass is 10.1. The monoisotopic (exact) mass is 286 g/mol. The molecule has 1 aromatic heterocycles. The van der Waals surface area contributed by atoms with Crippen LogP contribution < -0.4 is 5.32 Å². The molecular formula is C11H18N4O5. The molecule has 0 aliphatic rings. The SMILES string of the molecule is O=C(O)[C@H](Cc1cnc[nH]1)NC(=O)N(CCO)CCO. The van der Waals surface area contributed by atoms with Crippen LogP contribution in [0.4, 0.5) is 4.79 Å². The van der Waals surface area contributed by atoms with Gasteiger partial charge in [-0.2, -0.15) is 0 Å². The highest BCUT2D eigenvalue weighted by atomic mass is 16.4. The Hall–Kier alpha value is -2.13. The number of aliphatic hydroxyl groups is 2. The fourth-order valence-corrected chi connectivity index (χ4v) is 1.61. The first-order valence-corrected chi connectivity index (χ1v) is 6.05. The third-order valence-electron chi connectivity index (χ3n) is 2.60. The van der Waals surface area contributed by atoms with Crippen LogP contribution in [0.2, 0.25) is 0 Å². The summed E-state index contributed by atoms with van der Waals surface area (Å²) < 4.78 is 0. The molecule has 9 nitrogen and oxygen atoms in total. The van der Waals surface area contributed by atoms with Gasteiger partial charge in [0.05, 0.1) is 19.5 Å². The molecule has 1 atom stereocenters. The number of hydrogen-bond acceptors (Lipinski definition) is 5. The summed E-state index contributed by atoms with van der Waals surface area (Å²) >= 11 is 0. The van der Waals surface area contributed by atoms with Crippen LogP contribution in [0.15, 0.2) is 12.5 Å². The van der Waals surface area contributed by atoms with Crippen LogP contribution in [0.3, 0.4) is 0 Å². The topological polar surface area (TPSA) is 139 Å². The maximum Gasteiger partial charge on any atom is 0.326 e. The number of rotatable bonds is 8. The first-order chi connectivity index (χ1) is 9.58. The fourth-order valence-electron chi connectivity index (χ4n) is 1.61. The van der Waals surface area contributed by atoms with E-state index in [1.54, 1.807) is 0 Å². The molecule has 0 aromatic carbocycles. The van der Waals surface area contributed by atoms with Gasteiger partial charge in [-0.3, -0.25) is 0 Å². The second kappa shape index (κ2) is 8.12. The van der Waals surface area contributed by atoms with Gasteiger partial charge in [-0.15, -0.1) is 0 Å². The number of amides is 2. The number of nitrogens with one attached hydrogen (secondary N) is 2. The summed E-state index contributed by atoms with van der Waals surface area (Å²) in [5.41, 5.74) is 0.577. The van der Waals surface area contributed by atoms with E-state index >= 15 is 0 Å². The molecule has 1 rings (SSSR count). The Labute approximate surface area is 115 Å². The molecule has 1 heterocycles. The van der Waals surface area contributed by atoms with E-state index in [1.807, 2.05) is 0 Å². The molecule has 0 aliphatic heterocycles. The summed E-state index contributed by atoms with van der Waals surface area (Å²) in [4.78, 5) is 30.7. The van der Waals surface area contributed by atoms with Crippen molar-refractivity contribution in [2.45, 2.75) is 12.5 Å². The molecule has 2 amide bonds. The number of nitrogens with zero attached hydrogens (tertiary/aromatic N) is 2. The van der Waals surface area contributed by atoms with E-state index in [4.69, 9.17) is 15.3 Å². The van der Waals surface area contributed by atoms with Gasteiger partial charge in [-0.1, -0.05) is 0 Å². The van der Waals surface area contributed by atoms with Gasteiger partial charge in [0.1, 0.15) is 6.04 Å². The number of carbonyl (C=O) groups is 2. The van der Waals surface area contributed by atoms with Crippen molar-refractivity contribution in [1.82, 2.24) is 20.2 Å². The van der Waals surface area contributed by atoms with Crippen molar-refractivity contribution < 1.29 is 24.9 Å². The van der Waals surface area contributed by atoms with Gasteiger partial charge < -0.3 is 30.5 Å². The maximum absolute atomic E-state index is 11.9. The fraction of sp³-hybridized carbons (Fsp3) is 0.545. The second-order valence-electron chi connectivity index (χ2n) is 4.06. The Morgan fingerprint density at radius 2 is 2.00 bits per heavy atom. The Morgan fingerprint density at radius 3 is 2.45 bits per heavy atom. The number of carboxylic acids is 1. The lowest BCUT2D eigenvalue weighted by Crippen LogP contribution is -2.50. The zero-order valence-corrected chi connectivity index (χ0v) is 10.8. The largest absolute Gasteiger partial charge is 0.480 e. The number of aromatic amines is 1. The number of H-pyrrole nitrogens is 1. The van der Waals surface area contributed by atoms with Gasteiger partial charge >= 0.3 is 12.0 Å². The molecular weight excluding hydrogens is 268 g/mol. The van der Waals surface area contributed by atoms with Crippen LogP contribution in [0.1, 0.15) is 5.69 Å². The Balaban J connectivity index is 2.64. The van der Waals surface area contributed by atoms with Gasteiger partial charge in [-0.05, 0) is 0 Å². The molecule has 0 unspecified atom stereocenters. The van der Waals surface area contributed by atoms with Gasteiger partial charge in [-0.25, -0.2) is 14.6 Å². The lowest BCUT2D eigenvalue weighted by molar-refractivity contribution is -0.139. The minimum Gasteiger partial charge on any atom is -0.480 e. The number of urea groups is 1. The molecule has 0 bridgehead atoms. The normalized spacial score (nSPS) is 11.9. The number of aliphatic hydroxyl groups excluding tert-OH is 2. The molecule has 0 saturated carbocycles. The van der Waals surface area contributed by atoms with E-state index < -0.39 is 18.0 Å². The summed E-state index contributed by atoms with van der Waals surface area (Å²) in [6.07, 6.45) is 2.95. The number of aliphatic carboxylic acids is 1. The minimum atomic E-state index is -1.18. The third-order valence-corrected chi connectivity index (χ3v) is 2.60. The van der Waals surface area contributed by atoms with Crippen LogP contribution >= 0.6 is 0 Å². The standard InChI is InChI=1S/C11H18N4O5/c16-3-1-15(2-4-17)11(20)14-9(10(18)19)5-8-6-12-7-13-8/h6-7,9,16-17H,1-5H2,(H,12,13)(H,14,20)(H,18,19)/t9-/m0/s1. The minimum absolute atomic E-state index is 0.0167. The quantitative estimate of drug-likeness (QED) is 0.390. The molecule has 9 heteroatoms. The smallest absolute Gasteiger partial charge is 0.326 e. The summed E-state index contributed by atoms with van der Waals surface area (Å²) in [5, 5.41) is 29.1. The van der Waals surface area contributed by atoms with Gasteiger partial charge in [0.15, 0.2) is 0 Å². The number of carboxylic acid groups (broad SMARTS) is 1. The maximum atomic E-state index is 11.9. The molecule has 0 aliphatic carbocycles. The average Bonchev–Trinajstić information content (AvgIpc) is 2.90. The van der Waals surface area contributed by atoms with Crippen molar-refractivity contribution in [3.63, 3.8) is 0 Å². The van der Waals surface area contributed by atoms with Gasteiger partial charge in [0.25, 0.3) is 0 Å². The van der Waals surface area contributed by atoms with Crippen molar-refractivity contribution in [2.24, 2.45) is 0 Å². The lowest BCUT2D eigenvalue weighted by Gasteiger charge is -2.23. The van der Waals surface area contributed by atoms with E-state index in [-0.39, 0.29) is 32.7 Å². The predicted molar refractivity (Wildman–Crippen MR) is 68.0 cm³/mol. The molecule has 5 N–H and O–H groups in total. The first kappa shape index (κ1) is 15.9. The molecule has 0 fully saturated rings. The molecule has 20 heavy (non-hydrogen) atoms. The van der Waals surface area contributed by atoms with Crippen LogP contribution in [0.25, 0.3) is 0 Å². The molecule has 0 spiro atoms. The zero-order valence-electron chi connectivity index (χ0n) is 10.8. The van der Waals surface area contributed by atoms with Crippen molar-refractivity contribution >= 4 is 12.0 Å². The molecule has 0 saturated heterocycles. The van der Waals surface area contributed by atoms with Crippen LogP contribution in [-0.2, 0) is 11.2 Å². The van der Waals surface area contributed by atoms with Crippen molar-refractivity contribution in [1.29, 1.82) is 0 Å². The Bertz CT molecular complexity index is 416. The Kier molecular flexibility index (Phi) is 6.47. The van der Waals surface area contributed by atoms with Crippen LogP contribution in [0.5, 0.6) is 0 Å². The Morgan fingerprint density at radius 1 is 1.35 bits per heavy atom. The van der Waals surface area contributed by atoms with Crippen LogP contribution in [-0.4, -0.2) is 74.5 Å². The van der Waals surface area contributed by atoms with Crippen LogP contribution in [0, 0.1) is 0 Å². The van der Waals surface area contributed by atoms with E-state index in [9.17, 15) is 9.59 Å². The number of imidazole rings is 1. The third kappa shape index (κ3) is 4.86. The van der Waals surface area contributed by atoms with Crippen molar-refractivity contribution in [2.75, 3.05) is 26.3 Å². The van der Waals surface area contributed by atoms with E-state index in [2.05, 4.69) is 15.3 Å². The zero-order chi connectivity index (χ0) is 15.0. The summed E-state index contributed by atoms with van der Waals surface area (Å²) in [6, 6.07) is -1.78. The highest BCUT2D eigenvalue weighted by Gasteiger charge is 2.23. The first-order valence-electron chi connectivity index (χ1n) is 6.05. The van der Waals surface area contributed by atoms with Crippen molar-refractivity contribution in [3.05, 3.63) is 18.2 Å². The predicted octanol–water partition coefficient (Wildman–Crippen LogP) is -1.60. The highest BCUT2D eigenvalue weighted by molar-refractivity contribution is 5.82. The van der Waals surface area contributed by atoms with E-state index in [0.29, 0.717) is 5.69 Å². The highest BCUT2D eigenvalue weighted by Crippen LogP contribution is 2.00. The number of carbonyl (C=O) groups excluding carboxylic acids is 1. The average molecular weight is 286 g/mol. The summed E-state index contributed by atoms with van der Waals surface area (Å²) in [5.74, 6) is -1.18. The second-order valence-corrected chi connectivity index (χ2v) is 4.06. The number of hydrogen-bond donors (Lipinski definition) is 5. The summed E-state index contributed by atoms with van der Waals surface area (Å²) in [7, 11) is 0.